The van der Waals surface area contributed by atoms with E-state index in [0.717, 1.165) is 19.3 Å². The SMILES string of the molecule is NS(=O)(=O)N1CCC(C(=O)NCCCCc2ccccc2)CC1. The number of hydrogen-bond acceptors (Lipinski definition) is 3. The van der Waals surface area contributed by atoms with Crippen molar-refractivity contribution in [2.24, 2.45) is 11.1 Å². The highest BCUT2D eigenvalue weighted by Gasteiger charge is 2.28. The molecular weight excluding hydrogens is 314 g/mol. The second-order valence-corrected chi connectivity index (χ2v) is 7.50. The molecule has 1 amide bonds. The zero-order valence-electron chi connectivity index (χ0n) is 13.3. The van der Waals surface area contributed by atoms with Gasteiger partial charge in [-0.15, -0.1) is 0 Å². The van der Waals surface area contributed by atoms with Crippen molar-refractivity contribution >= 4 is 16.1 Å². The third-order valence-corrected chi connectivity index (χ3v) is 5.30. The number of unbranched alkanes of at least 4 members (excludes halogenated alkanes) is 1. The van der Waals surface area contributed by atoms with Gasteiger partial charge in [0.05, 0.1) is 0 Å². The zero-order chi connectivity index (χ0) is 16.7. The van der Waals surface area contributed by atoms with E-state index in [-0.39, 0.29) is 11.8 Å². The summed E-state index contributed by atoms with van der Waals surface area (Å²) in [5.41, 5.74) is 1.31. The van der Waals surface area contributed by atoms with Crippen LogP contribution in [0.2, 0.25) is 0 Å². The molecule has 0 aromatic heterocycles. The van der Waals surface area contributed by atoms with E-state index in [4.69, 9.17) is 5.14 Å². The fourth-order valence-electron chi connectivity index (χ4n) is 2.83. The highest BCUT2D eigenvalue weighted by Crippen LogP contribution is 2.18. The predicted molar refractivity (Wildman–Crippen MR) is 89.8 cm³/mol. The predicted octanol–water partition coefficient (Wildman–Crippen LogP) is 1.04. The minimum Gasteiger partial charge on any atom is -0.356 e. The lowest BCUT2D eigenvalue weighted by atomic mass is 9.97. The van der Waals surface area contributed by atoms with E-state index >= 15 is 0 Å². The minimum absolute atomic E-state index is 0.0266. The maximum Gasteiger partial charge on any atom is 0.276 e. The van der Waals surface area contributed by atoms with E-state index in [1.807, 2.05) is 18.2 Å². The Morgan fingerprint density at radius 3 is 2.43 bits per heavy atom. The van der Waals surface area contributed by atoms with Gasteiger partial charge in [0.25, 0.3) is 10.2 Å². The maximum absolute atomic E-state index is 12.1. The summed E-state index contributed by atoms with van der Waals surface area (Å²) in [6.45, 7) is 1.32. The number of carbonyl (C=O) groups is 1. The highest BCUT2D eigenvalue weighted by atomic mass is 32.2. The molecule has 3 N–H and O–H groups in total. The second kappa shape index (κ2) is 8.42. The van der Waals surface area contributed by atoms with Crippen molar-refractivity contribution in [3.63, 3.8) is 0 Å². The third kappa shape index (κ3) is 5.93. The van der Waals surface area contributed by atoms with Gasteiger partial charge in [0, 0.05) is 25.6 Å². The Kier molecular flexibility index (Phi) is 6.56. The van der Waals surface area contributed by atoms with Crippen LogP contribution in [0.1, 0.15) is 31.2 Å². The highest BCUT2D eigenvalue weighted by molar-refractivity contribution is 7.86. The van der Waals surface area contributed by atoms with Crippen molar-refractivity contribution in [3.8, 4) is 0 Å². The van der Waals surface area contributed by atoms with Crippen LogP contribution in [0, 0.1) is 5.92 Å². The van der Waals surface area contributed by atoms with Gasteiger partial charge in [-0.25, -0.2) is 5.14 Å². The van der Waals surface area contributed by atoms with E-state index in [1.165, 1.54) is 9.87 Å². The number of aryl methyl sites for hydroxylation is 1. The maximum atomic E-state index is 12.1. The lowest BCUT2D eigenvalue weighted by molar-refractivity contribution is -0.126. The largest absolute Gasteiger partial charge is 0.356 e. The average Bonchev–Trinajstić information content (AvgIpc) is 2.54. The summed E-state index contributed by atoms with van der Waals surface area (Å²) in [5, 5.41) is 8.04. The molecule has 6 nitrogen and oxygen atoms in total. The molecule has 0 atom stereocenters. The lowest BCUT2D eigenvalue weighted by Gasteiger charge is -2.29. The Morgan fingerprint density at radius 2 is 1.83 bits per heavy atom. The molecule has 1 aromatic rings. The van der Waals surface area contributed by atoms with Crippen LogP contribution >= 0.6 is 0 Å². The number of amides is 1. The molecule has 2 rings (SSSR count). The van der Waals surface area contributed by atoms with Crippen molar-refractivity contribution in [1.29, 1.82) is 0 Å². The molecule has 0 bridgehead atoms. The first-order valence-corrected chi connectivity index (χ1v) is 9.56. The van der Waals surface area contributed by atoms with E-state index in [2.05, 4.69) is 17.4 Å². The first-order chi connectivity index (χ1) is 11.0. The number of rotatable bonds is 7. The molecule has 1 aliphatic heterocycles. The van der Waals surface area contributed by atoms with Crippen molar-refractivity contribution in [2.75, 3.05) is 19.6 Å². The number of piperidine rings is 1. The van der Waals surface area contributed by atoms with Crippen LogP contribution in [0.5, 0.6) is 0 Å². The quantitative estimate of drug-likeness (QED) is 0.727. The Hall–Kier alpha value is -1.44. The van der Waals surface area contributed by atoms with Crippen molar-refractivity contribution < 1.29 is 13.2 Å². The third-order valence-electron chi connectivity index (χ3n) is 4.22. The normalized spacial score (nSPS) is 17.1. The van der Waals surface area contributed by atoms with Crippen LogP contribution < -0.4 is 10.5 Å². The molecular formula is C16H25N3O3S. The standard InChI is InChI=1S/C16H25N3O3S/c17-23(21,22)19-12-9-15(10-13-19)16(20)18-11-5-4-8-14-6-2-1-3-7-14/h1-3,6-7,15H,4-5,8-13H2,(H,18,20)(H2,17,21,22). The van der Waals surface area contributed by atoms with Gasteiger partial charge < -0.3 is 5.32 Å². The van der Waals surface area contributed by atoms with Gasteiger partial charge in [0.1, 0.15) is 0 Å². The molecule has 0 spiro atoms. The molecule has 1 aromatic carbocycles. The van der Waals surface area contributed by atoms with Crippen molar-refractivity contribution in [2.45, 2.75) is 32.1 Å². The smallest absolute Gasteiger partial charge is 0.276 e. The average molecular weight is 339 g/mol. The Balaban J connectivity index is 1.60. The Bertz CT molecular complexity index is 596. The monoisotopic (exact) mass is 339 g/mol. The first-order valence-electron chi connectivity index (χ1n) is 8.06. The lowest BCUT2D eigenvalue weighted by Crippen LogP contribution is -2.45. The molecule has 128 valence electrons. The van der Waals surface area contributed by atoms with Crippen LogP contribution in [0.15, 0.2) is 30.3 Å². The van der Waals surface area contributed by atoms with Crippen molar-refractivity contribution in [1.82, 2.24) is 9.62 Å². The number of nitrogens with two attached hydrogens (primary N) is 1. The molecule has 1 aliphatic rings. The summed E-state index contributed by atoms with van der Waals surface area (Å²) in [6.07, 6.45) is 4.06. The molecule has 1 fully saturated rings. The van der Waals surface area contributed by atoms with Gasteiger partial charge in [-0.2, -0.15) is 12.7 Å². The van der Waals surface area contributed by atoms with E-state index in [0.29, 0.717) is 32.5 Å². The van der Waals surface area contributed by atoms with E-state index in [1.54, 1.807) is 0 Å². The number of nitrogens with zero attached hydrogens (tertiary/aromatic N) is 1. The van der Waals surface area contributed by atoms with E-state index < -0.39 is 10.2 Å². The van der Waals surface area contributed by atoms with E-state index in [9.17, 15) is 13.2 Å². The van der Waals surface area contributed by atoms with Gasteiger partial charge in [0.2, 0.25) is 5.91 Å². The summed E-state index contributed by atoms with van der Waals surface area (Å²) in [7, 11) is -3.62. The van der Waals surface area contributed by atoms with Gasteiger partial charge in [-0.3, -0.25) is 4.79 Å². The van der Waals surface area contributed by atoms with Gasteiger partial charge >= 0.3 is 0 Å². The topological polar surface area (TPSA) is 92.5 Å². The molecule has 0 radical (unpaired) electrons. The van der Waals surface area contributed by atoms with Gasteiger partial charge in [-0.05, 0) is 37.7 Å². The molecule has 23 heavy (non-hydrogen) atoms. The molecule has 7 heteroatoms. The summed E-state index contributed by atoms with van der Waals surface area (Å²) < 4.78 is 23.7. The second-order valence-electron chi connectivity index (χ2n) is 5.95. The van der Waals surface area contributed by atoms with Crippen LogP contribution in [0.25, 0.3) is 0 Å². The number of benzene rings is 1. The summed E-state index contributed by atoms with van der Waals surface area (Å²) >= 11 is 0. The number of nitrogens with one attached hydrogen (secondary N) is 1. The molecule has 0 aliphatic carbocycles. The fourth-order valence-corrected chi connectivity index (χ4v) is 3.55. The van der Waals surface area contributed by atoms with Gasteiger partial charge in [0.15, 0.2) is 0 Å². The Morgan fingerprint density at radius 1 is 1.17 bits per heavy atom. The number of hydrogen-bond donors (Lipinski definition) is 2. The van der Waals surface area contributed by atoms with Crippen LogP contribution in [-0.4, -0.2) is 38.3 Å². The Labute approximate surface area is 138 Å². The van der Waals surface area contributed by atoms with Crippen molar-refractivity contribution in [3.05, 3.63) is 35.9 Å². The molecule has 0 unspecified atom stereocenters. The van der Waals surface area contributed by atoms with Crippen LogP contribution in [-0.2, 0) is 21.4 Å². The summed E-state index contributed by atoms with van der Waals surface area (Å²) in [6, 6.07) is 10.3. The minimum atomic E-state index is -3.62. The summed E-state index contributed by atoms with van der Waals surface area (Å²) in [4.78, 5) is 12.1. The molecule has 1 heterocycles. The zero-order valence-corrected chi connectivity index (χ0v) is 14.1. The first kappa shape index (κ1) is 17.9. The molecule has 0 saturated carbocycles. The van der Waals surface area contributed by atoms with Crippen LogP contribution in [0.3, 0.4) is 0 Å². The van der Waals surface area contributed by atoms with Crippen LogP contribution in [0.4, 0.5) is 0 Å². The van der Waals surface area contributed by atoms with Gasteiger partial charge in [-0.1, -0.05) is 30.3 Å². The summed E-state index contributed by atoms with van der Waals surface area (Å²) in [5.74, 6) is -0.0825. The number of carbonyl (C=O) groups excluding carboxylic acids is 1. The molecule has 1 saturated heterocycles. The fraction of sp³-hybridized carbons (Fsp3) is 0.562.